The van der Waals surface area contributed by atoms with Gasteiger partial charge in [0.25, 0.3) is 0 Å². The van der Waals surface area contributed by atoms with Crippen molar-refractivity contribution in [3.8, 4) is 11.6 Å². The van der Waals surface area contributed by atoms with Gasteiger partial charge in [0.05, 0.1) is 4.47 Å². The van der Waals surface area contributed by atoms with Crippen molar-refractivity contribution in [3.63, 3.8) is 0 Å². The van der Waals surface area contributed by atoms with Gasteiger partial charge >= 0.3 is 0 Å². The van der Waals surface area contributed by atoms with E-state index in [9.17, 15) is 4.39 Å². The molecule has 0 atom stereocenters. The number of rotatable bonds is 2. The summed E-state index contributed by atoms with van der Waals surface area (Å²) in [5, 5.41) is 0.374. The molecule has 1 aromatic carbocycles. The van der Waals surface area contributed by atoms with Gasteiger partial charge in [0, 0.05) is 12.3 Å². The van der Waals surface area contributed by atoms with Crippen LogP contribution in [0.5, 0.6) is 11.6 Å². The highest BCUT2D eigenvalue weighted by Crippen LogP contribution is 2.32. The van der Waals surface area contributed by atoms with Gasteiger partial charge in [-0.1, -0.05) is 11.6 Å². The van der Waals surface area contributed by atoms with Crippen LogP contribution in [0.2, 0.25) is 5.02 Å². The fourth-order valence-corrected chi connectivity index (χ4v) is 1.59. The van der Waals surface area contributed by atoms with E-state index in [1.165, 1.54) is 12.1 Å². The van der Waals surface area contributed by atoms with Crippen LogP contribution in [0.1, 0.15) is 0 Å². The molecule has 0 spiro atoms. The highest BCUT2D eigenvalue weighted by molar-refractivity contribution is 9.10. The first-order chi connectivity index (χ1) is 7.66. The predicted molar refractivity (Wildman–Crippen MR) is 63.4 cm³/mol. The lowest BCUT2D eigenvalue weighted by molar-refractivity contribution is 0.455. The van der Waals surface area contributed by atoms with Crippen LogP contribution in [-0.4, -0.2) is 4.98 Å². The number of benzene rings is 1. The molecular formula is C11H6BrClFNO. The molecule has 0 aliphatic rings. The van der Waals surface area contributed by atoms with Crippen LogP contribution >= 0.6 is 27.5 Å². The number of hydrogen-bond acceptors (Lipinski definition) is 2. The third kappa shape index (κ3) is 2.51. The zero-order valence-electron chi connectivity index (χ0n) is 7.95. The number of hydrogen-bond donors (Lipinski definition) is 0. The monoisotopic (exact) mass is 301 g/mol. The Kier molecular flexibility index (Phi) is 3.41. The number of nitrogens with zero attached hydrogens (tertiary/aromatic N) is 1. The second kappa shape index (κ2) is 4.80. The molecule has 0 unspecified atom stereocenters. The Balaban J connectivity index is 2.34. The van der Waals surface area contributed by atoms with Crippen LogP contribution in [0.3, 0.4) is 0 Å². The van der Waals surface area contributed by atoms with Gasteiger partial charge in [-0.05, 0) is 40.2 Å². The van der Waals surface area contributed by atoms with Crippen LogP contribution in [0, 0.1) is 5.82 Å². The van der Waals surface area contributed by atoms with Crippen LogP contribution < -0.4 is 4.74 Å². The topological polar surface area (TPSA) is 22.1 Å². The highest BCUT2D eigenvalue weighted by atomic mass is 79.9. The molecule has 0 radical (unpaired) electrons. The Morgan fingerprint density at radius 1 is 1.31 bits per heavy atom. The summed E-state index contributed by atoms with van der Waals surface area (Å²) < 4.78 is 19.0. The SMILES string of the molecule is Fc1ccc(Br)c(Oc2ncccc2Cl)c1. The van der Waals surface area contributed by atoms with Gasteiger partial charge < -0.3 is 4.74 Å². The van der Waals surface area contributed by atoms with Gasteiger partial charge in [-0.25, -0.2) is 9.37 Å². The van der Waals surface area contributed by atoms with Crippen molar-refractivity contribution in [1.82, 2.24) is 4.98 Å². The van der Waals surface area contributed by atoms with Crippen molar-refractivity contribution in [1.29, 1.82) is 0 Å². The van der Waals surface area contributed by atoms with E-state index in [2.05, 4.69) is 20.9 Å². The number of ether oxygens (including phenoxy) is 1. The Morgan fingerprint density at radius 2 is 2.12 bits per heavy atom. The summed E-state index contributed by atoms with van der Waals surface area (Å²) >= 11 is 9.12. The zero-order valence-corrected chi connectivity index (χ0v) is 10.3. The first kappa shape index (κ1) is 11.4. The van der Waals surface area contributed by atoms with E-state index in [4.69, 9.17) is 16.3 Å². The molecule has 2 nitrogen and oxygen atoms in total. The summed E-state index contributed by atoms with van der Waals surface area (Å²) in [6.07, 6.45) is 1.55. The summed E-state index contributed by atoms with van der Waals surface area (Å²) in [5.41, 5.74) is 0. The largest absolute Gasteiger partial charge is 0.436 e. The maximum Gasteiger partial charge on any atom is 0.238 e. The lowest BCUT2D eigenvalue weighted by atomic mass is 10.3. The van der Waals surface area contributed by atoms with Crippen molar-refractivity contribution in [2.45, 2.75) is 0 Å². The van der Waals surface area contributed by atoms with Crippen molar-refractivity contribution in [3.05, 3.63) is 51.8 Å². The fraction of sp³-hybridized carbons (Fsp3) is 0. The lowest BCUT2D eigenvalue weighted by Crippen LogP contribution is -1.90. The van der Waals surface area contributed by atoms with Crippen LogP contribution in [-0.2, 0) is 0 Å². The van der Waals surface area contributed by atoms with E-state index in [1.54, 1.807) is 24.4 Å². The van der Waals surface area contributed by atoms with E-state index < -0.39 is 0 Å². The molecule has 0 aliphatic carbocycles. The van der Waals surface area contributed by atoms with Gasteiger partial charge in [-0.15, -0.1) is 0 Å². The molecule has 2 aromatic rings. The van der Waals surface area contributed by atoms with Crippen LogP contribution in [0.25, 0.3) is 0 Å². The molecule has 16 heavy (non-hydrogen) atoms. The second-order valence-corrected chi connectivity index (χ2v) is 4.23. The molecule has 0 fully saturated rings. The highest BCUT2D eigenvalue weighted by Gasteiger charge is 2.07. The van der Waals surface area contributed by atoms with Crippen LogP contribution in [0.15, 0.2) is 41.0 Å². The molecular weight excluding hydrogens is 296 g/mol. The summed E-state index contributed by atoms with van der Waals surface area (Å²) in [6.45, 7) is 0. The first-order valence-electron chi connectivity index (χ1n) is 4.40. The van der Waals surface area contributed by atoms with Crippen molar-refractivity contribution in [2.24, 2.45) is 0 Å². The standard InChI is InChI=1S/C11H6BrClFNO/c12-8-4-3-7(14)6-10(8)16-11-9(13)2-1-5-15-11/h1-6H. The van der Waals surface area contributed by atoms with E-state index in [-0.39, 0.29) is 11.7 Å². The second-order valence-electron chi connectivity index (χ2n) is 2.97. The van der Waals surface area contributed by atoms with Crippen molar-refractivity contribution in [2.75, 3.05) is 0 Å². The Bertz CT molecular complexity index is 521. The molecule has 2 rings (SSSR count). The van der Waals surface area contributed by atoms with Gasteiger partial charge in [-0.3, -0.25) is 0 Å². The van der Waals surface area contributed by atoms with Gasteiger partial charge in [-0.2, -0.15) is 0 Å². The van der Waals surface area contributed by atoms with Gasteiger partial charge in [0.1, 0.15) is 16.6 Å². The number of pyridine rings is 1. The van der Waals surface area contributed by atoms with Crippen molar-refractivity contribution >= 4 is 27.5 Å². The molecule has 82 valence electrons. The lowest BCUT2D eigenvalue weighted by Gasteiger charge is -2.07. The minimum Gasteiger partial charge on any atom is -0.436 e. The minimum absolute atomic E-state index is 0.246. The van der Waals surface area contributed by atoms with E-state index in [1.807, 2.05) is 0 Å². The van der Waals surface area contributed by atoms with E-state index in [0.29, 0.717) is 15.2 Å². The Hall–Kier alpha value is -1.13. The number of aromatic nitrogens is 1. The molecule has 1 heterocycles. The van der Waals surface area contributed by atoms with Crippen LogP contribution in [0.4, 0.5) is 4.39 Å². The van der Waals surface area contributed by atoms with Crippen molar-refractivity contribution < 1.29 is 9.13 Å². The average molecular weight is 303 g/mol. The third-order valence-corrected chi connectivity index (χ3v) is 2.77. The Morgan fingerprint density at radius 3 is 2.88 bits per heavy atom. The summed E-state index contributed by atoms with van der Waals surface area (Å²) in [4.78, 5) is 3.95. The summed E-state index contributed by atoms with van der Waals surface area (Å²) in [6, 6.07) is 7.49. The van der Waals surface area contributed by atoms with Gasteiger partial charge in [0.2, 0.25) is 5.88 Å². The molecule has 0 amide bonds. The predicted octanol–water partition coefficient (Wildman–Crippen LogP) is 4.43. The molecule has 0 aliphatic heterocycles. The van der Waals surface area contributed by atoms with E-state index in [0.717, 1.165) is 0 Å². The molecule has 0 N–H and O–H groups in total. The Labute approximate surface area is 105 Å². The molecule has 0 saturated heterocycles. The summed E-state index contributed by atoms with van der Waals surface area (Å²) in [7, 11) is 0. The maximum absolute atomic E-state index is 13.0. The average Bonchev–Trinajstić information content (AvgIpc) is 2.27. The maximum atomic E-state index is 13.0. The molecule has 1 aromatic heterocycles. The normalized spacial score (nSPS) is 10.2. The minimum atomic E-state index is -0.384. The van der Waals surface area contributed by atoms with E-state index >= 15 is 0 Å². The number of halogens is 3. The zero-order chi connectivity index (χ0) is 11.5. The molecule has 5 heteroatoms. The van der Waals surface area contributed by atoms with Gasteiger partial charge in [0.15, 0.2) is 0 Å². The molecule has 0 saturated carbocycles. The smallest absolute Gasteiger partial charge is 0.238 e. The first-order valence-corrected chi connectivity index (χ1v) is 5.57. The quantitative estimate of drug-likeness (QED) is 0.819. The molecule has 0 bridgehead atoms. The third-order valence-electron chi connectivity index (χ3n) is 1.82. The summed E-state index contributed by atoms with van der Waals surface area (Å²) in [5.74, 6) is 0.196. The fourth-order valence-electron chi connectivity index (χ4n) is 1.11.